The fourth-order valence-corrected chi connectivity index (χ4v) is 2.88. The molecule has 7 heteroatoms. The highest BCUT2D eigenvalue weighted by molar-refractivity contribution is 14.0. The maximum absolute atomic E-state index is 13.2. The summed E-state index contributed by atoms with van der Waals surface area (Å²) in [5.74, 6) is 1.79. The molecule has 1 aromatic heterocycles. The Morgan fingerprint density at radius 2 is 1.86 bits per heavy atom. The van der Waals surface area contributed by atoms with Crippen LogP contribution in [-0.2, 0) is 13.0 Å². The van der Waals surface area contributed by atoms with Crippen LogP contribution in [0, 0.1) is 19.7 Å². The molecule has 29 heavy (non-hydrogen) atoms. The lowest BCUT2D eigenvalue weighted by Gasteiger charge is -2.11. The van der Waals surface area contributed by atoms with Crippen LogP contribution in [0.25, 0.3) is 11.3 Å². The van der Waals surface area contributed by atoms with Gasteiger partial charge in [0.05, 0.1) is 12.7 Å². The van der Waals surface area contributed by atoms with Crippen LogP contribution < -0.4 is 10.6 Å². The molecule has 1 heterocycles. The summed E-state index contributed by atoms with van der Waals surface area (Å²) in [6.07, 6.45) is 2.51. The van der Waals surface area contributed by atoms with E-state index in [1.54, 1.807) is 19.3 Å². The van der Waals surface area contributed by atoms with Crippen molar-refractivity contribution in [2.24, 2.45) is 4.99 Å². The largest absolute Gasteiger partial charge is 0.439 e. The average Bonchev–Trinajstić information content (AvgIpc) is 3.15. The molecule has 2 N–H and O–H groups in total. The van der Waals surface area contributed by atoms with E-state index >= 15 is 0 Å². The summed E-state index contributed by atoms with van der Waals surface area (Å²) in [5.41, 5.74) is 4.27. The lowest BCUT2D eigenvalue weighted by atomic mass is 10.1. The molecule has 154 valence electrons. The van der Waals surface area contributed by atoms with E-state index in [0.717, 1.165) is 28.9 Å². The van der Waals surface area contributed by atoms with Crippen LogP contribution >= 0.6 is 24.0 Å². The Morgan fingerprint density at radius 1 is 1.10 bits per heavy atom. The Labute approximate surface area is 187 Å². The van der Waals surface area contributed by atoms with Gasteiger partial charge in [-0.1, -0.05) is 35.9 Å². The first-order valence-electron chi connectivity index (χ1n) is 9.26. The van der Waals surface area contributed by atoms with Gasteiger partial charge < -0.3 is 15.1 Å². The van der Waals surface area contributed by atoms with Crippen LogP contribution in [0.5, 0.6) is 0 Å². The number of aromatic nitrogens is 1. The van der Waals surface area contributed by atoms with E-state index < -0.39 is 0 Å². The van der Waals surface area contributed by atoms with Crippen molar-refractivity contribution in [2.75, 3.05) is 13.6 Å². The standard InChI is InChI=1S/C22H25FN4O.HI/c1-15-4-6-18(7-5-15)20-13-26-21(28-20)14-27-22(24-3)25-11-10-17-8-9-19(23)12-16(17)2;/h4-9,12-13H,10-11,14H2,1-3H3,(H2,24,25,27);1H. The van der Waals surface area contributed by atoms with E-state index in [1.807, 2.05) is 37.3 Å². The Bertz CT molecular complexity index is 954. The maximum atomic E-state index is 13.2. The zero-order chi connectivity index (χ0) is 19.9. The van der Waals surface area contributed by atoms with E-state index in [9.17, 15) is 4.39 Å². The number of rotatable bonds is 6. The quantitative estimate of drug-likeness (QED) is 0.290. The molecule has 0 saturated carbocycles. The number of nitrogens with one attached hydrogen (secondary N) is 2. The topological polar surface area (TPSA) is 62.5 Å². The first-order valence-corrected chi connectivity index (χ1v) is 9.26. The lowest BCUT2D eigenvalue weighted by molar-refractivity contribution is 0.497. The molecule has 0 saturated heterocycles. The summed E-state index contributed by atoms with van der Waals surface area (Å²) >= 11 is 0. The van der Waals surface area contributed by atoms with Crippen LogP contribution in [-0.4, -0.2) is 24.5 Å². The van der Waals surface area contributed by atoms with Crippen LogP contribution in [0.1, 0.15) is 22.6 Å². The van der Waals surface area contributed by atoms with Crippen molar-refractivity contribution < 1.29 is 8.81 Å². The summed E-state index contributed by atoms with van der Waals surface area (Å²) in [5, 5.41) is 6.44. The Hall–Kier alpha value is -2.42. The van der Waals surface area contributed by atoms with Crippen molar-refractivity contribution in [1.82, 2.24) is 15.6 Å². The minimum atomic E-state index is -0.206. The molecule has 0 unspecified atom stereocenters. The van der Waals surface area contributed by atoms with Gasteiger partial charge in [0.25, 0.3) is 0 Å². The van der Waals surface area contributed by atoms with Gasteiger partial charge in [-0.3, -0.25) is 4.99 Å². The summed E-state index contributed by atoms with van der Waals surface area (Å²) in [7, 11) is 1.71. The first kappa shape index (κ1) is 22.9. The second kappa shape index (κ2) is 10.9. The number of oxazole rings is 1. The van der Waals surface area contributed by atoms with Crippen molar-refractivity contribution in [1.29, 1.82) is 0 Å². The van der Waals surface area contributed by atoms with Gasteiger partial charge in [-0.15, -0.1) is 24.0 Å². The molecule has 0 atom stereocenters. The third kappa shape index (κ3) is 6.56. The second-order valence-corrected chi connectivity index (χ2v) is 6.66. The minimum absolute atomic E-state index is 0. The zero-order valence-electron chi connectivity index (χ0n) is 16.8. The van der Waals surface area contributed by atoms with E-state index in [2.05, 4.69) is 27.5 Å². The first-order chi connectivity index (χ1) is 13.5. The number of aliphatic imine (C=N–C) groups is 1. The smallest absolute Gasteiger partial charge is 0.214 e. The molecule has 0 radical (unpaired) electrons. The predicted octanol–water partition coefficient (Wildman–Crippen LogP) is 4.62. The highest BCUT2D eigenvalue weighted by Gasteiger charge is 2.07. The van der Waals surface area contributed by atoms with Crippen molar-refractivity contribution in [3.05, 3.63) is 77.1 Å². The Kier molecular flexibility index (Phi) is 8.63. The van der Waals surface area contributed by atoms with Gasteiger partial charge in [0, 0.05) is 19.2 Å². The molecule has 5 nitrogen and oxygen atoms in total. The molecular formula is C22H26FIN4O. The van der Waals surface area contributed by atoms with Gasteiger partial charge in [0.1, 0.15) is 5.82 Å². The van der Waals surface area contributed by atoms with E-state index in [1.165, 1.54) is 11.6 Å². The van der Waals surface area contributed by atoms with Crippen LogP contribution in [0.15, 0.2) is 58.1 Å². The number of halogens is 2. The monoisotopic (exact) mass is 508 g/mol. The van der Waals surface area contributed by atoms with Crippen LogP contribution in [0.2, 0.25) is 0 Å². The third-order valence-corrected chi connectivity index (χ3v) is 4.51. The Morgan fingerprint density at radius 3 is 2.55 bits per heavy atom. The summed E-state index contributed by atoms with van der Waals surface area (Å²) in [6, 6.07) is 13.0. The molecule has 0 fully saturated rings. The number of guanidine groups is 1. The molecule has 0 aliphatic carbocycles. The molecule has 3 rings (SSSR count). The van der Waals surface area contributed by atoms with Crippen LogP contribution in [0.4, 0.5) is 4.39 Å². The number of hydrogen-bond acceptors (Lipinski definition) is 3. The average molecular weight is 508 g/mol. The molecule has 0 aliphatic heterocycles. The van der Waals surface area contributed by atoms with Crippen molar-refractivity contribution in [3.63, 3.8) is 0 Å². The molecule has 0 amide bonds. The van der Waals surface area contributed by atoms with Crippen LogP contribution in [0.3, 0.4) is 0 Å². The fourth-order valence-electron chi connectivity index (χ4n) is 2.88. The van der Waals surface area contributed by atoms with Crippen molar-refractivity contribution in [3.8, 4) is 11.3 Å². The zero-order valence-corrected chi connectivity index (χ0v) is 19.2. The molecule has 0 spiro atoms. The maximum Gasteiger partial charge on any atom is 0.214 e. The third-order valence-electron chi connectivity index (χ3n) is 4.51. The SMILES string of the molecule is CN=C(NCCc1ccc(F)cc1C)NCc1ncc(-c2ccc(C)cc2)o1.I. The highest BCUT2D eigenvalue weighted by atomic mass is 127. The summed E-state index contributed by atoms with van der Waals surface area (Å²) < 4.78 is 19.0. The number of nitrogens with zero attached hydrogens (tertiary/aromatic N) is 2. The second-order valence-electron chi connectivity index (χ2n) is 6.66. The van der Waals surface area contributed by atoms with Gasteiger partial charge in [0.2, 0.25) is 5.89 Å². The number of benzene rings is 2. The van der Waals surface area contributed by atoms with Crippen molar-refractivity contribution in [2.45, 2.75) is 26.8 Å². The van der Waals surface area contributed by atoms with Gasteiger partial charge >= 0.3 is 0 Å². The molecule has 0 aliphatic rings. The highest BCUT2D eigenvalue weighted by Crippen LogP contribution is 2.20. The van der Waals surface area contributed by atoms with Gasteiger partial charge in [-0.05, 0) is 43.5 Å². The molecule has 2 aromatic carbocycles. The van der Waals surface area contributed by atoms with E-state index in [0.29, 0.717) is 24.9 Å². The lowest BCUT2D eigenvalue weighted by Crippen LogP contribution is -2.38. The van der Waals surface area contributed by atoms with E-state index in [-0.39, 0.29) is 29.8 Å². The minimum Gasteiger partial charge on any atom is -0.439 e. The molecule has 3 aromatic rings. The summed E-state index contributed by atoms with van der Waals surface area (Å²) in [4.78, 5) is 8.53. The fraction of sp³-hybridized carbons (Fsp3) is 0.273. The number of aryl methyl sites for hydroxylation is 2. The Balaban J connectivity index is 0.00000300. The van der Waals surface area contributed by atoms with Gasteiger partial charge in [-0.2, -0.15) is 0 Å². The van der Waals surface area contributed by atoms with Crippen molar-refractivity contribution >= 4 is 29.9 Å². The molecular weight excluding hydrogens is 482 g/mol. The van der Waals surface area contributed by atoms with E-state index in [4.69, 9.17) is 4.42 Å². The number of hydrogen-bond donors (Lipinski definition) is 2. The van der Waals surface area contributed by atoms with Gasteiger partial charge in [-0.25, -0.2) is 9.37 Å². The van der Waals surface area contributed by atoms with Gasteiger partial charge in [0.15, 0.2) is 11.7 Å². The predicted molar refractivity (Wildman–Crippen MR) is 125 cm³/mol. The summed E-state index contributed by atoms with van der Waals surface area (Å²) in [6.45, 7) is 5.09. The molecule has 0 bridgehead atoms. The normalized spacial score (nSPS) is 11.1.